The Kier molecular flexibility index (Phi) is 19.8. The van der Waals surface area contributed by atoms with Crippen molar-refractivity contribution >= 4 is 5.91 Å². The van der Waals surface area contributed by atoms with Crippen molar-refractivity contribution in [2.24, 2.45) is 0 Å². The lowest BCUT2D eigenvalue weighted by molar-refractivity contribution is -0.127. The summed E-state index contributed by atoms with van der Waals surface area (Å²) < 4.78 is 0. The molecule has 0 saturated heterocycles. The highest BCUT2D eigenvalue weighted by Gasteiger charge is 2.08. The van der Waals surface area contributed by atoms with Crippen LogP contribution in [0.3, 0.4) is 0 Å². The summed E-state index contributed by atoms with van der Waals surface area (Å²) in [6.07, 6.45) is 21.9. The highest BCUT2D eigenvalue weighted by atomic mass is 16.3. The van der Waals surface area contributed by atoms with Crippen LogP contribution in [0.2, 0.25) is 0 Å². The molecule has 0 unspecified atom stereocenters. The topological polar surface area (TPSA) is 60.8 Å². The molecule has 0 heterocycles. The molecule has 0 fully saturated rings. The van der Waals surface area contributed by atoms with Gasteiger partial charge in [-0.3, -0.25) is 4.79 Å². The van der Waals surface area contributed by atoms with Crippen LogP contribution in [0.1, 0.15) is 96.8 Å². The summed E-state index contributed by atoms with van der Waals surface area (Å²) in [4.78, 5) is 13.3. The van der Waals surface area contributed by atoms with Crippen molar-refractivity contribution in [3.05, 3.63) is 12.2 Å². The third-order valence-electron chi connectivity index (χ3n) is 4.79. The molecule has 0 radical (unpaired) electrons. The molecule has 0 aliphatic carbocycles. The van der Waals surface area contributed by atoms with E-state index in [-0.39, 0.29) is 32.2 Å². The number of unbranched alkanes of at least 4 members (excludes halogenated alkanes) is 13. The van der Waals surface area contributed by atoms with E-state index in [1.54, 1.807) is 6.08 Å². The molecule has 1 amide bonds. The van der Waals surface area contributed by atoms with Crippen molar-refractivity contribution in [2.45, 2.75) is 96.8 Å². The van der Waals surface area contributed by atoms with E-state index in [2.05, 4.69) is 6.92 Å². The summed E-state index contributed by atoms with van der Waals surface area (Å²) in [6.45, 7) is 2.68. The Hall–Kier alpha value is -0.870. The number of carbonyl (C=O) groups excluding carboxylic acids is 1. The molecule has 0 aromatic carbocycles. The molecule has 26 heavy (non-hydrogen) atoms. The van der Waals surface area contributed by atoms with Gasteiger partial charge in [0.05, 0.1) is 13.2 Å². The second kappa shape index (κ2) is 20.4. The molecule has 0 rings (SSSR count). The van der Waals surface area contributed by atoms with Crippen LogP contribution in [0.5, 0.6) is 0 Å². The molecular formula is C22H43NO3. The minimum absolute atomic E-state index is 0.0710. The van der Waals surface area contributed by atoms with Crippen molar-refractivity contribution < 1.29 is 15.0 Å². The Bertz CT molecular complexity index is 325. The van der Waals surface area contributed by atoms with Gasteiger partial charge >= 0.3 is 0 Å². The Morgan fingerprint density at radius 3 is 1.58 bits per heavy atom. The quantitative estimate of drug-likeness (QED) is 0.253. The molecule has 0 aliphatic rings. The number of aliphatic hydroxyl groups is 2. The number of nitrogens with zero attached hydrogens (tertiary/aromatic N) is 1. The van der Waals surface area contributed by atoms with E-state index < -0.39 is 0 Å². The summed E-state index contributed by atoms with van der Waals surface area (Å²) in [5, 5.41) is 17.8. The summed E-state index contributed by atoms with van der Waals surface area (Å²) in [7, 11) is 0. The first-order valence-electron chi connectivity index (χ1n) is 10.9. The summed E-state index contributed by atoms with van der Waals surface area (Å²) >= 11 is 0. The van der Waals surface area contributed by atoms with Gasteiger partial charge in [0.25, 0.3) is 0 Å². The first-order chi connectivity index (χ1) is 12.8. The molecule has 0 spiro atoms. The van der Waals surface area contributed by atoms with Crippen LogP contribution >= 0.6 is 0 Å². The second-order valence-electron chi connectivity index (χ2n) is 7.21. The van der Waals surface area contributed by atoms with E-state index in [4.69, 9.17) is 10.2 Å². The highest BCUT2D eigenvalue weighted by molar-refractivity contribution is 5.87. The standard InChI is InChI=1S/C22H43NO3/c1-2-3-4-5-6-7-8-9-10-11-12-13-14-15-16-17-22(26)23(18-20-24)19-21-25/h16-17,24-25H,2-15,18-21H2,1H3. The van der Waals surface area contributed by atoms with Crippen LogP contribution in [0.15, 0.2) is 12.2 Å². The molecule has 4 heteroatoms. The van der Waals surface area contributed by atoms with Gasteiger partial charge in [-0.05, 0) is 18.9 Å². The summed E-state index contributed by atoms with van der Waals surface area (Å²) in [5.74, 6) is -0.122. The molecule has 154 valence electrons. The van der Waals surface area contributed by atoms with E-state index in [0.29, 0.717) is 0 Å². The Morgan fingerprint density at radius 2 is 1.15 bits per heavy atom. The van der Waals surface area contributed by atoms with Gasteiger partial charge in [-0.2, -0.15) is 0 Å². The number of hydrogen-bond acceptors (Lipinski definition) is 3. The van der Waals surface area contributed by atoms with E-state index in [9.17, 15) is 4.79 Å². The Labute approximate surface area is 161 Å². The van der Waals surface area contributed by atoms with Crippen LogP contribution in [0.4, 0.5) is 0 Å². The van der Waals surface area contributed by atoms with Crippen molar-refractivity contribution in [1.82, 2.24) is 4.90 Å². The average Bonchev–Trinajstić information content (AvgIpc) is 2.64. The van der Waals surface area contributed by atoms with E-state index in [1.807, 2.05) is 6.08 Å². The monoisotopic (exact) mass is 369 g/mol. The first-order valence-corrected chi connectivity index (χ1v) is 10.9. The van der Waals surface area contributed by atoms with Gasteiger partial charge in [0.2, 0.25) is 5.91 Å². The largest absolute Gasteiger partial charge is 0.395 e. The SMILES string of the molecule is CCCCCCCCCCCCCCCC=CC(=O)N(CCO)CCO. The zero-order valence-corrected chi connectivity index (χ0v) is 17.1. The fraction of sp³-hybridized carbons (Fsp3) is 0.864. The molecule has 0 bridgehead atoms. The van der Waals surface area contributed by atoms with Gasteiger partial charge < -0.3 is 15.1 Å². The van der Waals surface area contributed by atoms with E-state index >= 15 is 0 Å². The van der Waals surface area contributed by atoms with E-state index in [1.165, 1.54) is 81.9 Å². The number of hydrogen-bond donors (Lipinski definition) is 2. The maximum Gasteiger partial charge on any atom is 0.246 e. The zero-order chi connectivity index (χ0) is 19.3. The Balaban J connectivity index is 3.40. The summed E-state index contributed by atoms with van der Waals surface area (Å²) in [6, 6.07) is 0. The van der Waals surface area contributed by atoms with Crippen molar-refractivity contribution in [3.63, 3.8) is 0 Å². The van der Waals surface area contributed by atoms with Crippen molar-refractivity contribution in [1.29, 1.82) is 0 Å². The number of amides is 1. The Morgan fingerprint density at radius 1 is 0.731 bits per heavy atom. The number of carbonyl (C=O) groups is 1. The molecule has 0 saturated carbocycles. The van der Waals surface area contributed by atoms with Crippen LogP contribution in [-0.4, -0.2) is 47.3 Å². The second-order valence-corrected chi connectivity index (χ2v) is 7.21. The van der Waals surface area contributed by atoms with Gasteiger partial charge in [0, 0.05) is 13.1 Å². The van der Waals surface area contributed by atoms with Crippen LogP contribution < -0.4 is 0 Å². The molecule has 2 N–H and O–H groups in total. The minimum atomic E-state index is -0.122. The molecule has 0 atom stereocenters. The highest BCUT2D eigenvalue weighted by Crippen LogP contribution is 2.13. The fourth-order valence-electron chi connectivity index (χ4n) is 3.14. The molecule has 0 aliphatic heterocycles. The van der Waals surface area contributed by atoms with Gasteiger partial charge in [-0.15, -0.1) is 0 Å². The normalized spacial score (nSPS) is 11.3. The fourth-order valence-corrected chi connectivity index (χ4v) is 3.14. The van der Waals surface area contributed by atoms with Crippen LogP contribution in [0, 0.1) is 0 Å². The minimum Gasteiger partial charge on any atom is -0.395 e. The van der Waals surface area contributed by atoms with Crippen LogP contribution in [0.25, 0.3) is 0 Å². The molecule has 4 nitrogen and oxygen atoms in total. The maximum atomic E-state index is 11.9. The third-order valence-corrected chi connectivity index (χ3v) is 4.79. The summed E-state index contributed by atoms with van der Waals surface area (Å²) in [5.41, 5.74) is 0. The molecule has 0 aromatic heterocycles. The van der Waals surface area contributed by atoms with Crippen molar-refractivity contribution in [3.8, 4) is 0 Å². The van der Waals surface area contributed by atoms with Gasteiger partial charge in [0.15, 0.2) is 0 Å². The zero-order valence-electron chi connectivity index (χ0n) is 17.1. The predicted octanol–water partition coefficient (Wildman–Crippen LogP) is 4.84. The lowest BCUT2D eigenvalue weighted by atomic mass is 10.0. The smallest absolute Gasteiger partial charge is 0.246 e. The van der Waals surface area contributed by atoms with E-state index in [0.717, 1.165) is 12.8 Å². The third kappa shape index (κ3) is 16.6. The molecule has 0 aromatic rings. The van der Waals surface area contributed by atoms with Gasteiger partial charge in [0.1, 0.15) is 0 Å². The maximum absolute atomic E-state index is 11.9. The van der Waals surface area contributed by atoms with Gasteiger partial charge in [-0.25, -0.2) is 0 Å². The number of aliphatic hydroxyl groups excluding tert-OH is 2. The van der Waals surface area contributed by atoms with Crippen LogP contribution in [-0.2, 0) is 4.79 Å². The average molecular weight is 370 g/mol. The predicted molar refractivity (Wildman–Crippen MR) is 110 cm³/mol. The number of allylic oxidation sites excluding steroid dienone is 1. The first kappa shape index (κ1) is 25.1. The van der Waals surface area contributed by atoms with Gasteiger partial charge in [-0.1, -0.05) is 90.0 Å². The lowest BCUT2D eigenvalue weighted by Gasteiger charge is -2.18. The lowest BCUT2D eigenvalue weighted by Crippen LogP contribution is -2.34. The molecular weight excluding hydrogens is 326 g/mol. The number of rotatable bonds is 19. The van der Waals surface area contributed by atoms with Crippen molar-refractivity contribution in [2.75, 3.05) is 26.3 Å².